The van der Waals surface area contributed by atoms with Gasteiger partial charge in [0, 0.05) is 30.0 Å². The smallest absolute Gasteiger partial charge is 0.276 e. The lowest BCUT2D eigenvalue weighted by Crippen LogP contribution is -2.38. The Balaban J connectivity index is 1.34. The second-order valence-electron chi connectivity index (χ2n) is 8.73. The van der Waals surface area contributed by atoms with Gasteiger partial charge in [0.2, 0.25) is 0 Å². The number of rotatable bonds is 8. The Morgan fingerprint density at radius 1 is 0.972 bits per heavy atom. The highest BCUT2D eigenvalue weighted by atomic mass is 19.1. The van der Waals surface area contributed by atoms with Crippen molar-refractivity contribution in [3.63, 3.8) is 0 Å². The topological polar surface area (TPSA) is 119 Å². The number of piperidine rings is 1. The van der Waals surface area contributed by atoms with Crippen LogP contribution < -0.4 is 16.0 Å². The van der Waals surface area contributed by atoms with Crippen molar-refractivity contribution in [1.82, 2.24) is 20.2 Å². The van der Waals surface area contributed by atoms with E-state index in [0.717, 1.165) is 19.6 Å². The third kappa shape index (κ3) is 6.33. The molecular formula is C26H29FN6O3. The summed E-state index contributed by atoms with van der Waals surface area (Å²) in [5.74, 6) is -1.70. The number of carbonyl (C=O) groups excluding carboxylic acids is 3. The summed E-state index contributed by atoms with van der Waals surface area (Å²) in [6.45, 7) is 5.13. The minimum absolute atomic E-state index is 0.00295. The summed E-state index contributed by atoms with van der Waals surface area (Å²) in [7, 11) is 0. The summed E-state index contributed by atoms with van der Waals surface area (Å²) >= 11 is 0. The molecular weight excluding hydrogens is 463 g/mol. The molecule has 0 aliphatic carbocycles. The Kier molecular flexibility index (Phi) is 8.06. The number of imidazole rings is 1. The van der Waals surface area contributed by atoms with E-state index >= 15 is 0 Å². The molecule has 3 amide bonds. The second kappa shape index (κ2) is 11.6. The van der Waals surface area contributed by atoms with E-state index in [4.69, 9.17) is 0 Å². The maximum absolute atomic E-state index is 13.1. The molecule has 0 bridgehead atoms. The summed E-state index contributed by atoms with van der Waals surface area (Å²) in [5.41, 5.74) is 2.17. The van der Waals surface area contributed by atoms with Crippen LogP contribution in [-0.4, -0.2) is 58.8 Å². The maximum Gasteiger partial charge on any atom is 0.276 e. The van der Waals surface area contributed by atoms with Gasteiger partial charge >= 0.3 is 0 Å². The van der Waals surface area contributed by atoms with Crippen molar-refractivity contribution in [3.8, 4) is 0 Å². The molecule has 2 aromatic carbocycles. The second-order valence-corrected chi connectivity index (χ2v) is 8.73. The molecule has 4 N–H and O–H groups in total. The van der Waals surface area contributed by atoms with E-state index in [0.29, 0.717) is 29.0 Å². The van der Waals surface area contributed by atoms with Crippen LogP contribution in [0.2, 0.25) is 0 Å². The number of amides is 3. The molecule has 188 valence electrons. The molecule has 1 aromatic heterocycles. The number of likely N-dealkylation sites (tertiary alicyclic amines) is 1. The number of H-pyrrole nitrogens is 1. The zero-order valence-corrected chi connectivity index (χ0v) is 20.1. The Labute approximate surface area is 208 Å². The van der Waals surface area contributed by atoms with Gasteiger partial charge < -0.3 is 25.8 Å². The monoisotopic (exact) mass is 492 g/mol. The lowest BCUT2D eigenvalue weighted by atomic mass is 10.1. The molecule has 1 aliphatic rings. The van der Waals surface area contributed by atoms with Crippen molar-refractivity contribution < 1.29 is 18.8 Å². The predicted octanol–water partition coefficient (Wildman–Crippen LogP) is 3.58. The Bertz CT molecular complexity index is 1230. The summed E-state index contributed by atoms with van der Waals surface area (Å²) < 4.78 is 13.1. The van der Waals surface area contributed by atoms with Crippen LogP contribution in [0.3, 0.4) is 0 Å². The molecule has 10 heteroatoms. The van der Waals surface area contributed by atoms with Crippen molar-refractivity contribution in [3.05, 3.63) is 77.1 Å². The molecule has 9 nitrogen and oxygen atoms in total. The number of halogens is 1. The molecule has 0 atom stereocenters. The fourth-order valence-electron chi connectivity index (χ4n) is 4.11. The number of benzene rings is 2. The van der Waals surface area contributed by atoms with Crippen LogP contribution in [0.25, 0.3) is 0 Å². The normalized spacial score (nSPS) is 13.7. The number of aryl methyl sites for hydroxylation is 1. The average molecular weight is 493 g/mol. The molecule has 1 aliphatic heterocycles. The summed E-state index contributed by atoms with van der Waals surface area (Å²) in [5, 5.41) is 8.37. The summed E-state index contributed by atoms with van der Waals surface area (Å²) in [6.07, 6.45) is 4.93. The van der Waals surface area contributed by atoms with Gasteiger partial charge in [-0.15, -0.1) is 0 Å². The van der Waals surface area contributed by atoms with Gasteiger partial charge in [0.15, 0.2) is 5.69 Å². The Hall–Kier alpha value is -4.05. The fourth-order valence-corrected chi connectivity index (χ4v) is 4.11. The van der Waals surface area contributed by atoms with E-state index in [9.17, 15) is 18.8 Å². The highest BCUT2D eigenvalue weighted by Crippen LogP contribution is 2.21. The third-order valence-electron chi connectivity index (χ3n) is 6.08. The van der Waals surface area contributed by atoms with E-state index in [1.54, 1.807) is 25.1 Å². The molecule has 0 unspecified atom stereocenters. The van der Waals surface area contributed by atoms with E-state index in [1.165, 1.54) is 49.9 Å². The van der Waals surface area contributed by atoms with E-state index in [1.807, 2.05) is 0 Å². The van der Waals surface area contributed by atoms with Crippen LogP contribution in [0.1, 0.15) is 56.2 Å². The number of nitrogens with one attached hydrogen (secondary N) is 4. The molecule has 3 aromatic rings. The van der Waals surface area contributed by atoms with E-state index < -0.39 is 11.7 Å². The van der Waals surface area contributed by atoms with Gasteiger partial charge in [0.1, 0.15) is 11.5 Å². The molecule has 36 heavy (non-hydrogen) atoms. The van der Waals surface area contributed by atoms with Crippen molar-refractivity contribution in [2.45, 2.75) is 26.2 Å². The number of aromatic nitrogens is 2. The molecule has 2 heterocycles. The minimum atomic E-state index is -0.528. The van der Waals surface area contributed by atoms with Crippen molar-refractivity contribution in [1.29, 1.82) is 0 Å². The van der Waals surface area contributed by atoms with Crippen LogP contribution in [0.4, 0.5) is 15.8 Å². The van der Waals surface area contributed by atoms with Crippen molar-refractivity contribution >= 4 is 29.1 Å². The van der Waals surface area contributed by atoms with Gasteiger partial charge in [-0.3, -0.25) is 14.4 Å². The number of hydrogen-bond donors (Lipinski definition) is 4. The number of nitrogens with zero attached hydrogens (tertiary/aromatic N) is 2. The molecule has 4 rings (SSSR count). The molecule has 0 spiro atoms. The predicted molar refractivity (Wildman–Crippen MR) is 135 cm³/mol. The first-order chi connectivity index (χ1) is 17.4. The van der Waals surface area contributed by atoms with Crippen molar-refractivity contribution in [2.24, 2.45) is 0 Å². The first-order valence-corrected chi connectivity index (χ1v) is 11.9. The quantitative estimate of drug-likeness (QED) is 0.383. The molecule has 0 radical (unpaired) electrons. The van der Waals surface area contributed by atoms with Crippen LogP contribution >= 0.6 is 0 Å². The molecule has 0 saturated carbocycles. The van der Waals surface area contributed by atoms with Gasteiger partial charge in [0.05, 0.1) is 6.33 Å². The number of anilines is 2. The lowest BCUT2D eigenvalue weighted by Gasteiger charge is -2.26. The van der Waals surface area contributed by atoms with Crippen LogP contribution in [0, 0.1) is 12.7 Å². The fraction of sp³-hybridized carbons (Fsp3) is 0.308. The van der Waals surface area contributed by atoms with Crippen LogP contribution in [0.15, 0.2) is 48.8 Å². The van der Waals surface area contributed by atoms with E-state index in [-0.39, 0.29) is 23.2 Å². The van der Waals surface area contributed by atoms with Crippen LogP contribution in [-0.2, 0) is 0 Å². The van der Waals surface area contributed by atoms with Crippen molar-refractivity contribution in [2.75, 3.05) is 36.8 Å². The summed E-state index contributed by atoms with van der Waals surface area (Å²) in [4.78, 5) is 47.0. The van der Waals surface area contributed by atoms with E-state index in [2.05, 4.69) is 30.8 Å². The third-order valence-corrected chi connectivity index (χ3v) is 6.08. The number of hydrogen-bond acceptors (Lipinski definition) is 5. The van der Waals surface area contributed by atoms with Gasteiger partial charge in [0.25, 0.3) is 17.7 Å². The first-order valence-electron chi connectivity index (χ1n) is 11.9. The largest absolute Gasteiger partial charge is 0.349 e. The number of carbonyl (C=O) groups is 3. The van der Waals surface area contributed by atoms with Gasteiger partial charge in [-0.2, -0.15) is 0 Å². The molecule has 1 fully saturated rings. The van der Waals surface area contributed by atoms with Gasteiger partial charge in [-0.05, 0) is 80.9 Å². The zero-order valence-electron chi connectivity index (χ0n) is 20.1. The average Bonchev–Trinajstić information content (AvgIpc) is 3.37. The van der Waals surface area contributed by atoms with Crippen LogP contribution in [0.5, 0.6) is 0 Å². The summed E-state index contributed by atoms with van der Waals surface area (Å²) in [6, 6.07) is 10.2. The standard InChI is InChI=1S/C26H29FN6O3/c1-17-15-20(9-10-21(17)32-24(34)18-5-7-19(27)8-6-18)31-26(36)23-22(29-16-30-23)25(35)28-11-14-33-12-3-2-4-13-33/h5-10,15-16H,2-4,11-14H2,1H3,(H,28,35)(H,29,30)(H,31,36)(H,32,34). The SMILES string of the molecule is Cc1cc(NC(=O)c2nc[nH]c2C(=O)NCCN2CCCCC2)ccc1NC(=O)c1ccc(F)cc1. The number of aromatic amines is 1. The lowest BCUT2D eigenvalue weighted by molar-refractivity contribution is 0.0929. The molecule has 1 saturated heterocycles. The minimum Gasteiger partial charge on any atom is -0.349 e. The maximum atomic E-state index is 13.1. The van der Waals surface area contributed by atoms with Gasteiger partial charge in [-0.25, -0.2) is 9.37 Å². The highest BCUT2D eigenvalue weighted by Gasteiger charge is 2.21. The van der Waals surface area contributed by atoms with Gasteiger partial charge in [-0.1, -0.05) is 6.42 Å². The Morgan fingerprint density at radius 2 is 1.72 bits per heavy atom. The first kappa shape index (κ1) is 25.1. The zero-order chi connectivity index (χ0) is 25.5. The Morgan fingerprint density at radius 3 is 2.44 bits per heavy atom. The highest BCUT2D eigenvalue weighted by molar-refractivity contribution is 6.10.